The second-order valence-electron chi connectivity index (χ2n) is 4.83. The molecular formula is C14H14Cl3N3OS. The van der Waals surface area contributed by atoms with Crippen LogP contribution >= 0.6 is 46.9 Å². The number of nitrogens with one attached hydrogen (secondary N) is 2. The van der Waals surface area contributed by atoms with Crippen molar-refractivity contribution in [3.05, 3.63) is 39.3 Å². The maximum atomic E-state index is 12.1. The number of aromatic nitrogens is 1. The highest BCUT2D eigenvalue weighted by atomic mass is 35.5. The monoisotopic (exact) mass is 377 g/mol. The van der Waals surface area contributed by atoms with E-state index in [0.717, 1.165) is 30.1 Å². The molecule has 0 bridgehead atoms. The van der Waals surface area contributed by atoms with E-state index < -0.39 is 0 Å². The highest BCUT2D eigenvalue weighted by Gasteiger charge is 2.19. The first kappa shape index (κ1) is 17.5. The molecule has 8 heteroatoms. The molecule has 1 fully saturated rings. The Morgan fingerprint density at radius 2 is 2.18 bits per heavy atom. The average Bonchev–Trinajstić information content (AvgIpc) is 3.12. The first-order valence-corrected chi connectivity index (χ1v) is 8.19. The van der Waals surface area contributed by atoms with Crippen LogP contribution in [0.5, 0.6) is 0 Å². The van der Waals surface area contributed by atoms with E-state index in [1.807, 2.05) is 6.07 Å². The van der Waals surface area contributed by atoms with Gasteiger partial charge in [-0.15, -0.1) is 23.7 Å². The largest absolute Gasteiger partial charge is 0.347 e. The Labute approximate surface area is 148 Å². The van der Waals surface area contributed by atoms with Gasteiger partial charge in [0.25, 0.3) is 5.91 Å². The molecular weight excluding hydrogens is 365 g/mol. The molecule has 1 aromatic heterocycles. The number of hydrogen-bond donors (Lipinski definition) is 2. The summed E-state index contributed by atoms with van der Waals surface area (Å²) >= 11 is 13.3. The Kier molecular flexibility index (Phi) is 6.06. The van der Waals surface area contributed by atoms with Crippen LogP contribution < -0.4 is 10.6 Å². The van der Waals surface area contributed by atoms with Crippen LogP contribution in [0.1, 0.15) is 16.9 Å². The molecule has 0 saturated carbocycles. The second kappa shape index (κ2) is 7.62. The third-order valence-electron chi connectivity index (χ3n) is 3.30. The van der Waals surface area contributed by atoms with Gasteiger partial charge in [-0.1, -0.05) is 29.3 Å². The topological polar surface area (TPSA) is 54.0 Å². The predicted octanol–water partition coefficient (Wildman–Crippen LogP) is 3.63. The van der Waals surface area contributed by atoms with Crippen LogP contribution in [0.4, 0.5) is 0 Å². The standard InChI is InChI=1S/C14H13Cl2N3OS.ClH/c15-10-2-1-8(5-11(10)16)14-19-12(7-21-14)13(20)18-9-3-4-17-6-9;/h1-2,5,7,9,17H,3-4,6H2,(H,18,20);1H. The van der Waals surface area contributed by atoms with Gasteiger partial charge in [-0.3, -0.25) is 4.79 Å². The van der Waals surface area contributed by atoms with Crippen LogP contribution in [0.25, 0.3) is 10.6 Å². The van der Waals surface area contributed by atoms with Crippen LogP contribution in [-0.2, 0) is 0 Å². The molecule has 1 aliphatic rings. The molecule has 1 unspecified atom stereocenters. The van der Waals surface area contributed by atoms with Crippen molar-refractivity contribution < 1.29 is 4.79 Å². The normalized spacial score (nSPS) is 17.1. The summed E-state index contributed by atoms with van der Waals surface area (Å²) in [5.41, 5.74) is 1.30. The first-order valence-electron chi connectivity index (χ1n) is 6.56. The molecule has 22 heavy (non-hydrogen) atoms. The fraction of sp³-hybridized carbons (Fsp3) is 0.286. The van der Waals surface area contributed by atoms with E-state index in [2.05, 4.69) is 15.6 Å². The molecule has 2 heterocycles. The summed E-state index contributed by atoms with van der Waals surface area (Å²) in [4.78, 5) is 16.5. The highest BCUT2D eigenvalue weighted by molar-refractivity contribution is 7.13. The molecule has 1 saturated heterocycles. The number of amides is 1. The Hall–Kier alpha value is -0.850. The molecule has 3 rings (SSSR count). The number of halogens is 3. The quantitative estimate of drug-likeness (QED) is 0.857. The Balaban J connectivity index is 0.00000176. The number of nitrogens with zero attached hydrogens (tertiary/aromatic N) is 1. The number of hydrogen-bond acceptors (Lipinski definition) is 4. The van der Waals surface area contributed by atoms with Crippen LogP contribution in [0.2, 0.25) is 10.0 Å². The first-order chi connectivity index (χ1) is 10.1. The van der Waals surface area contributed by atoms with Gasteiger partial charge in [0, 0.05) is 23.5 Å². The summed E-state index contributed by atoms with van der Waals surface area (Å²) in [5, 5.41) is 9.68. The van der Waals surface area contributed by atoms with Crippen molar-refractivity contribution >= 4 is 52.9 Å². The molecule has 118 valence electrons. The van der Waals surface area contributed by atoms with Gasteiger partial charge in [-0.05, 0) is 25.1 Å². The van der Waals surface area contributed by atoms with Crippen molar-refractivity contribution in [3.63, 3.8) is 0 Å². The molecule has 0 aliphatic carbocycles. The predicted molar refractivity (Wildman–Crippen MR) is 93.6 cm³/mol. The van der Waals surface area contributed by atoms with Crippen molar-refractivity contribution in [3.8, 4) is 10.6 Å². The summed E-state index contributed by atoms with van der Waals surface area (Å²) < 4.78 is 0. The van der Waals surface area contributed by atoms with E-state index in [0.29, 0.717) is 15.7 Å². The molecule has 2 N–H and O–H groups in total. The van der Waals surface area contributed by atoms with Crippen molar-refractivity contribution in [1.29, 1.82) is 0 Å². The van der Waals surface area contributed by atoms with Gasteiger partial charge >= 0.3 is 0 Å². The summed E-state index contributed by atoms with van der Waals surface area (Å²) in [6.45, 7) is 1.76. The molecule has 1 aromatic carbocycles. The Morgan fingerprint density at radius 1 is 1.36 bits per heavy atom. The third-order valence-corrected chi connectivity index (χ3v) is 4.93. The van der Waals surface area contributed by atoms with Gasteiger partial charge in [0.2, 0.25) is 0 Å². The van der Waals surface area contributed by atoms with E-state index in [4.69, 9.17) is 23.2 Å². The Bertz CT molecular complexity index is 671. The van der Waals surface area contributed by atoms with Gasteiger partial charge in [0.1, 0.15) is 10.7 Å². The van der Waals surface area contributed by atoms with Crippen LogP contribution in [0.3, 0.4) is 0 Å². The van der Waals surface area contributed by atoms with E-state index in [9.17, 15) is 4.79 Å². The average molecular weight is 379 g/mol. The smallest absolute Gasteiger partial charge is 0.271 e. The molecule has 0 radical (unpaired) electrons. The SMILES string of the molecule is Cl.O=C(NC1CCNC1)c1csc(-c2ccc(Cl)c(Cl)c2)n1. The lowest BCUT2D eigenvalue weighted by Crippen LogP contribution is -2.36. The van der Waals surface area contributed by atoms with Crippen molar-refractivity contribution in [2.24, 2.45) is 0 Å². The van der Waals surface area contributed by atoms with Crippen LogP contribution in [0.15, 0.2) is 23.6 Å². The van der Waals surface area contributed by atoms with Crippen molar-refractivity contribution in [1.82, 2.24) is 15.6 Å². The van der Waals surface area contributed by atoms with Gasteiger partial charge in [0.15, 0.2) is 0 Å². The number of rotatable bonds is 3. The van der Waals surface area contributed by atoms with Gasteiger partial charge in [0.05, 0.1) is 10.0 Å². The number of thiazole rings is 1. The third kappa shape index (κ3) is 3.91. The Morgan fingerprint density at radius 3 is 2.86 bits per heavy atom. The minimum Gasteiger partial charge on any atom is -0.347 e. The van der Waals surface area contributed by atoms with Crippen LogP contribution in [0, 0.1) is 0 Å². The van der Waals surface area contributed by atoms with E-state index in [-0.39, 0.29) is 24.4 Å². The number of carbonyl (C=O) groups is 1. The number of benzene rings is 1. The molecule has 1 aliphatic heterocycles. The minimum absolute atomic E-state index is 0. The maximum absolute atomic E-state index is 12.1. The molecule has 4 nitrogen and oxygen atoms in total. The second-order valence-corrected chi connectivity index (χ2v) is 6.50. The lowest BCUT2D eigenvalue weighted by Gasteiger charge is -2.09. The van der Waals surface area contributed by atoms with E-state index in [1.54, 1.807) is 17.5 Å². The van der Waals surface area contributed by atoms with Crippen molar-refractivity contribution in [2.45, 2.75) is 12.5 Å². The lowest BCUT2D eigenvalue weighted by molar-refractivity contribution is 0.0936. The summed E-state index contributed by atoms with van der Waals surface area (Å²) in [7, 11) is 0. The number of carbonyl (C=O) groups excluding carboxylic acids is 1. The molecule has 1 atom stereocenters. The van der Waals surface area contributed by atoms with E-state index >= 15 is 0 Å². The fourth-order valence-corrected chi connectivity index (χ4v) is 3.27. The van der Waals surface area contributed by atoms with Gasteiger partial charge in [-0.25, -0.2) is 4.98 Å². The zero-order valence-electron chi connectivity index (χ0n) is 11.4. The molecule has 2 aromatic rings. The highest BCUT2D eigenvalue weighted by Crippen LogP contribution is 2.30. The fourth-order valence-electron chi connectivity index (χ4n) is 2.18. The molecule has 0 spiro atoms. The maximum Gasteiger partial charge on any atom is 0.271 e. The minimum atomic E-state index is -0.133. The van der Waals surface area contributed by atoms with Gasteiger partial charge < -0.3 is 10.6 Å². The van der Waals surface area contributed by atoms with Gasteiger partial charge in [-0.2, -0.15) is 0 Å². The zero-order chi connectivity index (χ0) is 14.8. The van der Waals surface area contributed by atoms with Crippen molar-refractivity contribution in [2.75, 3.05) is 13.1 Å². The summed E-state index contributed by atoms with van der Waals surface area (Å²) in [5.74, 6) is -0.133. The zero-order valence-corrected chi connectivity index (χ0v) is 14.6. The summed E-state index contributed by atoms with van der Waals surface area (Å²) in [6, 6.07) is 5.51. The summed E-state index contributed by atoms with van der Waals surface area (Å²) in [6.07, 6.45) is 0.954. The van der Waals surface area contributed by atoms with Crippen LogP contribution in [-0.4, -0.2) is 30.0 Å². The lowest BCUT2D eigenvalue weighted by atomic mass is 10.2. The van der Waals surface area contributed by atoms with E-state index in [1.165, 1.54) is 11.3 Å². The molecule has 1 amide bonds.